The summed E-state index contributed by atoms with van der Waals surface area (Å²) in [6, 6.07) is 0. The lowest BCUT2D eigenvalue weighted by atomic mass is 10.0. The average Bonchev–Trinajstić information content (AvgIpc) is 1.89. The van der Waals surface area contributed by atoms with Crippen molar-refractivity contribution in [3.05, 3.63) is 0 Å². The van der Waals surface area contributed by atoms with Crippen LogP contribution in [0.1, 0.15) is 20.3 Å². The molecule has 0 saturated heterocycles. The lowest BCUT2D eigenvalue weighted by Gasteiger charge is -2.24. The summed E-state index contributed by atoms with van der Waals surface area (Å²) in [6.07, 6.45) is 1.35. The standard InChI is InChI=1S/C6H13NO2/c1-3-6(2,4-8)7-5-9/h5,8H,3-4H2,1-2H3,(H,7,9)/t6-/m1/s1. The van der Waals surface area contributed by atoms with Gasteiger partial charge in [-0.15, -0.1) is 0 Å². The summed E-state index contributed by atoms with van der Waals surface area (Å²) >= 11 is 0. The van der Waals surface area contributed by atoms with E-state index in [1.54, 1.807) is 6.92 Å². The van der Waals surface area contributed by atoms with Crippen LogP contribution in [-0.2, 0) is 4.79 Å². The van der Waals surface area contributed by atoms with Crippen molar-refractivity contribution in [2.75, 3.05) is 6.61 Å². The van der Waals surface area contributed by atoms with Gasteiger partial charge in [-0.2, -0.15) is 0 Å². The molecule has 3 nitrogen and oxygen atoms in total. The smallest absolute Gasteiger partial charge is 0.207 e. The van der Waals surface area contributed by atoms with Crippen molar-refractivity contribution < 1.29 is 9.90 Å². The van der Waals surface area contributed by atoms with Gasteiger partial charge in [0, 0.05) is 0 Å². The molecular formula is C6H13NO2. The minimum Gasteiger partial charge on any atom is -0.394 e. The molecule has 0 aromatic heterocycles. The quantitative estimate of drug-likeness (QED) is 0.523. The second-order valence-corrected chi connectivity index (χ2v) is 2.33. The molecule has 9 heavy (non-hydrogen) atoms. The summed E-state index contributed by atoms with van der Waals surface area (Å²) in [5.74, 6) is 0. The first kappa shape index (κ1) is 8.43. The van der Waals surface area contributed by atoms with E-state index in [9.17, 15) is 4.79 Å². The van der Waals surface area contributed by atoms with Gasteiger partial charge in [0.1, 0.15) is 0 Å². The Morgan fingerprint density at radius 2 is 2.33 bits per heavy atom. The highest BCUT2D eigenvalue weighted by Crippen LogP contribution is 2.05. The van der Waals surface area contributed by atoms with Crippen LogP contribution >= 0.6 is 0 Å². The van der Waals surface area contributed by atoms with Crippen molar-refractivity contribution in [1.29, 1.82) is 0 Å². The van der Waals surface area contributed by atoms with Crippen molar-refractivity contribution in [3.8, 4) is 0 Å². The number of hydrogen-bond donors (Lipinski definition) is 2. The minimum atomic E-state index is -0.429. The van der Waals surface area contributed by atoms with Gasteiger partial charge in [-0.25, -0.2) is 0 Å². The number of rotatable bonds is 4. The van der Waals surface area contributed by atoms with E-state index in [1.165, 1.54) is 0 Å². The first-order valence-electron chi connectivity index (χ1n) is 3.00. The van der Waals surface area contributed by atoms with Crippen LogP contribution in [0, 0.1) is 0 Å². The SMILES string of the molecule is CC[C@](C)(CO)NC=O. The second kappa shape index (κ2) is 3.45. The Balaban J connectivity index is 3.75. The summed E-state index contributed by atoms with van der Waals surface area (Å²) in [5.41, 5.74) is -0.429. The third-order valence-electron chi connectivity index (χ3n) is 1.54. The third kappa shape index (κ3) is 2.46. The third-order valence-corrected chi connectivity index (χ3v) is 1.54. The Kier molecular flexibility index (Phi) is 3.24. The van der Waals surface area contributed by atoms with Gasteiger partial charge in [-0.1, -0.05) is 6.92 Å². The van der Waals surface area contributed by atoms with E-state index in [4.69, 9.17) is 5.11 Å². The summed E-state index contributed by atoms with van der Waals surface area (Å²) in [4.78, 5) is 9.92. The van der Waals surface area contributed by atoms with Crippen LogP contribution in [0.25, 0.3) is 0 Å². The number of carbonyl (C=O) groups is 1. The highest BCUT2D eigenvalue weighted by atomic mass is 16.3. The predicted octanol–water partition coefficient (Wildman–Crippen LogP) is -0.107. The van der Waals surface area contributed by atoms with Gasteiger partial charge < -0.3 is 10.4 Å². The van der Waals surface area contributed by atoms with E-state index >= 15 is 0 Å². The molecule has 0 rings (SSSR count). The van der Waals surface area contributed by atoms with Crippen molar-refractivity contribution in [1.82, 2.24) is 5.32 Å². The van der Waals surface area contributed by atoms with E-state index in [-0.39, 0.29) is 6.61 Å². The highest BCUT2D eigenvalue weighted by molar-refractivity contribution is 5.47. The molecule has 1 amide bonds. The summed E-state index contributed by atoms with van der Waals surface area (Å²) in [6.45, 7) is 3.69. The number of nitrogens with one attached hydrogen (secondary N) is 1. The normalized spacial score (nSPS) is 16.3. The number of aliphatic hydroxyl groups is 1. The fourth-order valence-corrected chi connectivity index (χ4v) is 0.402. The van der Waals surface area contributed by atoms with Crippen molar-refractivity contribution in [2.45, 2.75) is 25.8 Å². The molecule has 0 heterocycles. The van der Waals surface area contributed by atoms with Crippen molar-refractivity contribution >= 4 is 6.41 Å². The molecule has 0 aromatic carbocycles. The number of amides is 1. The maximum atomic E-state index is 9.92. The Labute approximate surface area is 55.1 Å². The van der Waals surface area contributed by atoms with Gasteiger partial charge in [-0.3, -0.25) is 4.79 Å². The predicted molar refractivity (Wildman–Crippen MR) is 35.0 cm³/mol. The first-order valence-corrected chi connectivity index (χ1v) is 3.00. The molecule has 1 atom stereocenters. The zero-order valence-corrected chi connectivity index (χ0v) is 5.85. The molecule has 54 valence electrons. The molecule has 3 heteroatoms. The maximum Gasteiger partial charge on any atom is 0.207 e. The molecule has 0 aliphatic rings. The van der Waals surface area contributed by atoms with E-state index in [0.717, 1.165) is 6.42 Å². The summed E-state index contributed by atoms with van der Waals surface area (Å²) in [5, 5.41) is 11.2. The Hall–Kier alpha value is -0.570. The molecule has 0 unspecified atom stereocenters. The number of aliphatic hydroxyl groups excluding tert-OH is 1. The van der Waals surface area contributed by atoms with E-state index < -0.39 is 5.54 Å². The fraction of sp³-hybridized carbons (Fsp3) is 0.833. The average molecular weight is 131 g/mol. The van der Waals surface area contributed by atoms with E-state index in [2.05, 4.69) is 5.32 Å². The lowest BCUT2D eigenvalue weighted by Crippen LogP contribution is -2.44. The number of carbonyl (C=O) groups excluding carboxylic acids is 1. The molecule has 0 fully saturated rings. The molecule has 0 aliphatic carbocycles. The largest absolute Gasteiger partial charge is 0.394 e. The van der Waals surface area contributed by atoms with Crippen LogP contribution in [0.15, 0.2) is 0 Å². The maximum absolute atomic E-state index is 9.92. The van der Waals surface area contributed by atoms with E-state index in [0.29, 0.717) is 6.41 Å². The minimum absolute atomic E-state index is 0.0117. The molecule has 2 N–H and O–H groups in total. The Bertz CT molecular complexity index is 89.1. The molecular weight excluding hydrogens is 118 g/mol. The fourth-order valence-electron chi connectivity index (χ4n) is 0.402. The monoisotopic (exact) mass is 131 g/mol. The van der Waals surface area contributed by atoms with Gasteiger partial charge in [-0.05, 0) is 13.3 Å². The molecule has 0 spiro atoms. The Morgan fingerprint density at radius 1 is 1.78 bits per heavy atom. The van der Waals surface area contributed by atoms with E-state index in [1.807, 2.05) is 6.92 Å². The van der Waals surface area contributed by atoms with Crippen molar-refractivity contribution in [2.24, 2.45) is 0 Å². The first-order chi connectivity index (χ1) is 4.18. The molecule has 0 aliphatic heterocycles. The van der Waals surface area contributed by atoms with Gasteiger partial charge in [0.15, 0.2) is 0 Å². The van der Waals surface area contributed by atoms with Crippen LogP contribution < -0.4 is 5.32 Å². The van der Waals surface area contributed by atoms with Crippen LogP contribution in [-0.4, -0.2) is 23.7 Å². The van der Waals surface area contributed by atoms with Gasteiger partial charge in [0.05, 0.1) is 12.1 Å². The second-order valence-electron chi connectivity index (χ2n) is 2.33. The Morgan fingerprint density at radius 3 is 2.44 bits per heavy atom. The summed E-state index contributed by atoms with van der Waals surface area (Å²) < 4.78 is 0. The van der Waals surface area contributed by atoms with Crippen LogP contribution in [0.5, 0.6) is 0 Å². The summed E-state index contributed by atoms with van der Waals surface area (Å²) in [7, 11) is 0. The zero-order valence-electron chi connectivity index (χ0n) is 5.85. The molecule has 0 bridgehead atoms. The van der Waals surface area contributed by atoms with Gasteiger partial charge >= 0.3 is 0 Å². The van der Waals surface area contributed by atoms with Crippen LogP contribution in [0.4, 0.5) is 0 Å². The van der Waals surface area contributed by atoms with Crippen molar-refractivity contribution in [3.63, 3.8) is 0 Å². The van der Waals surface area contributed by atoms with Crippen LogP contribution in [0.3, 0.4) is 0 Å². The van der Waals surface area contributed by atoms with Gasteiger partial charge in [0.25, 0.3) is 0 Å². The highest BCUT2D eigenvalue weighted by Gasteiger charge is 2.18. The number of hydrogen-bond acceptors (Lipinski definition) is 2. The topological polar surface area (TPSA) is 49.3 Å². The molecule has 0 radical (unpaired) electrons. The lowest BCUT2D eigenvalue weighted by molar-refractivity contribution is -0.111. The van der Waals surface area contributed by atoms with Gasteiger partial charge in [0.2, 0.25) is 6.41 Å². The molecule has 0 aromatic rings. The molecule has 0 saturated carbocycles. The van der Waals surface area contributed by atoms with Crippen LogP contribution in [0.2, 0.25) is 0 Å². The zero-order chi connectivity index (χ0) is 7.33.